The molecule has 0 bridgehead atoms. The molecule has 1 aromatic heterocycles. The van der Waals surface area contributed by atoms with Gasteiger partial charge in [-0.3, -0.25) is 4.79 Å². The minimum atomic E-state index is -0.188. The highest BCUT2D eigenvalue weighted by Crippen LogP contribution is 2.19. The molecule has 1 aliphatic rings. The molecule has 1 atom stereocenters. The molecule has 2 N–H and O–H groups in total. The van der Waals surface area contributed by atoms with Crippen LogP contribution in [0.3, 0.4) is 0 Å². The van der Waals surface area contributed by atoms with Crippen molar-refractivity contribution in [2.45, 2.75) is 25.5 Å². The molecule has 2 aromatic rings. The van der Waals surface area contributed by atoms with E-state index in [1.54, 1.807) is 12.1 Å². The molecule has 0 aliphatic carbocycles. The molecular formula is C17H19BrN2O3. The average Bonchev–Trinajstić information content (AvgIpc) is 3.22. The molecule has 1 aromatic carbocycles. The summed E-state index contributed by atoms with van der Waals surface area (Å²) in [5, 5.41) is 6.24. The van der Waals surface area contributed by atoms with Crippen LogP contribution in [-0.2, 0) is 6.61 Å². The standard InChI is InChI=1S/C17H19BrN2O3/c18-12-3-1-5-14(9-12)22-11-15-6-7-16(23-15)17(21)20-10-13-4-2-8-19-13/h1,3,5-7,9,13,19H,2,4,8,10-11H2,(H,20,21). The quantitative estimate of drug-likeness (QED) is 0.810. The van der Waals surface area contributed by atoms with Crippen LogP contribution in [0.15, 0.2) is 45.3 Å². The third-order valence-corrected chi connectivity index (χ3v) is 4.23. The molecule has 122 valence electrons. The average molecular weight is 379 g/mol. The topological polar surface area (TPSA) is 63.5 Å². The summed E-state index contributed by atoms with van der Waals surface area (Å²) in [6, 6.07) is 11.4. The monoisotopic (exact) mass is 378 g/mol. The number of nitrogens with one attached hydrogen (secondary N) is 2. The highest BCUT2D eigenvalue weighted by atomic mass is 79.9. The Kier molecular flexibility index (Phi) is 5.35. The van der Waals surface area contributed by atoms with Crippen molar-refractivity contribution in [1.82, 2.24) is 10.6 Å². The molecule has 0 radical (unpaired) electrons. The number of carbonyl (C=O) groups excluding carboxylic acids is 1. The molecule has 2 heterocycles. The predicted octanol–water partition coefficient (Wildman–Crippen LogP) is 3.10. The zero-order valence-electron chi connectivity index (χ0n) is 12.7. The lowest BCUT2D eigenvalue weighted by Crippen LogP contribution is -2.37. The Morgan fingerprint density at radius 2 is 2.30 bits per heavy atom. The normalized spacial score (nSPS) is 17.2. The number of hydrogen-bond acceptors (Lipinski definition) is 4. The van der Waals surface area contributed by atoms with Crippen molar-refractivity contribution in [2.24, 2.45) is 0 Å². The van der Waals surface area contributed by atoms with Crippen LogP contribution >= 0.6 is 15.9 Å². The minimum Gasteiger partial charge on any atom is -0.486 e. The van der Waals surface area contributed by atoms with E-state index in [-0.39, 0.29) is 12.5 Å². The van der Waals surface area contributed by atoms with Gasteiger partial charge in [0.05, 0.1) is 0 Å². The van der Waals surface area contributed by atoms with Crippen LogP contribution in [0.2, 0.25) is 0 Å². The molecule has 3 rings (SSSR count). The lowest BCUT2D eigenvalue weighted by Gasteiger charge is -2.10. The van der Waals surface area contributed by atoms with Gasteiger partial charge in [-0.2, -0.15) is 0 Å². The van der Waals surface area contributed by atoms with Crippen molar-refractivity contribution in [3.8, 4) is 5.75 Å². The van der Waals surface area contributed by atoms with Crippen LogP contribution in [0.1, 0.15) is 29.2 Å². The lowest BCUT2D eigenvalue weighted by atomic mass is 10.2. The van der Waals surface area contributed by atoms with Crippen LogP contribution < -0.4 is 15.4 Å². The van der Waals surface area contributed by atoms with Crippen LogP contribution in [0.5, 0.6) is 5.75 Å². The Labute approximate surface area is 143 Å². The zero-order chi connectivity index (χ0) is 16.1. The van der Waals surface area contributed by atoms with Gasteiger partial charge in [0.2, 0.25) is 0 Å². The van der Waals surface area contributed by atoms with Gasteiger partial charge < -0.3 is 19.8 Å². The van der Waals surface area contributed by atoms with Crippen molar-refractivity contribution in [2.75, 3.05) is 13.1 Å². The SMILES string of the molecule is O=C(NCC1CCCN1)c1ccc(COc2cccc(Br)c2)o1. The summed E-state index contributed by atoms with van der Waals surface area (Å²) in [6.45, 7) is 1.94. The Hall–Kier alpha value is -1.79. The maximum Gasteiger partial charge on any atom is 0.287 e. The highest BCUT2D eigenvalue weighted by molar-refractivity contribution is 9.10. The van der Waals surface area contributed by atoms with Gasteiger partial charge in [-0.05, 0) is 49.7 Å². The van der Waals surface area contributed by atoms with E-state index in [2.05, 4.69) is 26.6 Å². The van der Waals surface area contributed by atoms with E-state index in [0.29, 0.717) is 24.1 Å². The summed E-state index contributed by atoms with van der Waals surface area (Å²) in [5.41, 5.74) is 0. The fourth-order valence-electron chi connectivity index (χ4n) is 2.52. The van der Waals surface area contributed by atoms with E-state index >= 15 is 0 Å². The molecule has 0 spiro atoms. The molecule has 1 unspecified atom stereocenters. The molecule has 1 amide bonds. The summed E-state index contributed by atoms with van der Waals surface area (Å²) in [7, 11) is 0. The molecule has 1 aliphatic heterocycles. The van der Waals surface area contributed by atoms with E-state index in [4.69, 9.17) is 9.15 Å². The van der Waals surface area contributed by atoms with Gasteiger partial charge in [0.1, 0.15) is 18.1 Å². The van der Waals surface area contributed by atoms with Gasteiger partial charge >= 0.3 is 0 Å². The summed E-state index contributed by atoms with van der Waals surface area (Å²) in [4.78, 5) is 12.1. The van der Waals surface area contributed by atoms with Crippen molar-refractivity contribution < 1.29 is 13.9 Å². The summed E-state index contributed by atoms with van der Waals surface area (Å²) in [5.74, 6) is 1.49. The highest BCUT2D eigenvalue weighted by Gasteiger charge is 2.17. The molecule has 23 heavy (non-hydrogen) atoms. The fraction of sp³-hybridized carbons (Fsp3) is 0.353. The van der Waals surface area contributed by atoms with Crippen LogP contribution in [0.25, 0.3) is 0 Å². The van der Waals surface area contributed by atoms with Gasteiger partial charge in [0.15, 0.2) is 5.76 Å². The lowest BCUT2D eigenvalue weighted by molar-refractivity contribution is 0.0918. The first-order chi connectivity index (χ1) is 11.2. The number of benzene rings is 1. The molecular weight excluding hydrogens is 360 g/mol. The Morgan fingerprint density at radius 3 is 3.09 bits per heavy atom. The smallest absolute Gasteiger partial charge is 0.287 e. The van der Waals surface area contributed by atoms with Gasteiger partial charge in [-0.15, -0.1) is 0 Å². The summed E-state index contributed by atoms with van der Waals surface area (Å²) in [6.07, 6.45) is 2.27. The van der Waals surface area contributed by atoms with E-state index in [9.17, 15) is 4.79 Å². The zero-order valence-corrected chi connectivity index (χ0v) is 14.3. The molecule has 1 fully saturated rings. The van der Waals surface area contributed by atoms with Gasteiger partial charge in [-0.1, -0.05) is 22.0 Å². The van der Waals surface area contributed by atoms with Gasteiger partial charge in [0, 0.05) is 17.1 Å². The van der Waals surface area contributed by atoms with E-state index in [0.717, 1.165) is 23.2 Å². The van der Waals surface area contributed by atoms with E-state index in [1.165, 1.54) is 6.42 Å². The Bertz CT molecular complexity index is 665. The molecule has 6 heteroatoms. The van der Waals surface area contributed by atoms with Crippen molar-refractivity contribution in [3.63, 3.8) is 0 Å². The van der Waals surface area contributed by atoms with Crippen LogP contribution in [0, 0.1) is 0 Å². The molecule has 5 nitrogen and oxygen atoms in total. The number of rotatable bonds is 6. The second-order valence-corrected chi connectivity index (χ2v) is 6.43. The fourth-order valence-corrected chi connectivity index (χ4v) is 2.90. The number of amides is 1. The van der Waals surface area contributed by atoms with E-state index < -0.39 is 0 Å². The second kappa shape index (κ2) is 7.66. The van der Waals surface area contributed by atoms with Crippen molar-refractivity contribution in [3.05, 3.63) is 52.4 Å². The first kappa shape index (κ1) is 16.1. The van der Waals surface area contributed by atoms with Crippen molar-refractivity contribution >= 4 is 21.8 Å². The second-order valence-electron chi connectivity index (χ2n) is 5.52. The molecule has 0 saturated carbocycles. The first-order valence-electron chi connectivity index (χ1n) is 7.69. The summed E-state index contributed by atoms with van der Waals surface area (Å²) >= 11 is 3.40. The Morgan fingerprint density at radius 1 is 1.39 bits per heavy atom. The first-order valence-corrected chi connectivity index (χ1v) is 8.49. The van der Waals surface area contributed by atoms with Gasteiger partial charge in [-0.25, -0.2) is 0 Å². The number of carbonyl (C=O) groups is 1. The van der Waals surface area contributed by atoms with Gasteiger partial charge in [0.25, 0.3) is 5.91 Å². The Balaban J connectivity index is 1.49. The number of hydrogen-bond donors (Lipinski definition) is 2. The number of ether oxygens (including phenoxy) is 1. The minimum absolute atomic E-state index is 0.188. The largest absolute Gasteiger partial charge is 0.486 e. The number of halogens is 1. The summed E-state index contributed by atoms with van der Waals surface area (Å²) < 4.78 is 12.1. The van der Waals surface area contributed by atoms with Crippen LogP contribution in [-0.4, -0.2) is 25.0 Å². The predicted molar refractivity (Wildman–Crippen MR) is 90.5 cm³/mol. The maximum absolute atomic E-state index is 12.1. The third-order valence-electron chi connectivity index (χ3n) is 3.73. The number of furan rings is 1. The van der Waals surface area contributed by atoms with Crippen molar-refractivity contribution in [1.29, 1.82) is 0 Å². The maximum atomic E-state index is 12.1. The van der Waals surface area contributed by atoms with E-state index in [1.807, 2.05) is 24.3 Å². The molecule has 1 saturated heterocycles. The van der Waals surface area contributed by atoms with Crippen LogP contribution in [0.4, 0.5) is 0 Å². The third kappa shape index (κ3) is 4.59.